The number of nitrogens with one attached hydrogen (secondary N) is 1. The highest BCUT2D eigenvalue weighted by molar-refractivity contribution is 9.09. The van der Waals surface area contributed by atoms with Crippen molar-refractivity contribution in [2.75, 3.05) is 20.3 Å². The Morgan fingerprint density at radius 3 is 2.53 bits per heavy atom. The molecule has 3 nitrogen and oxygen atoms in total. The normalized spacial score (nSPS) is 13.7. The van der Waals surface area contributed by atoms with Crippen LogP contribution >= 0.6 is 15.9 Å². The molecule has 1 atom stereocenters. The van der Waals surface area contributed by atoms with Gasteiger partial charge in [0.1, 0.15) is 0 Å². The first-order valence-electron chi connectivity index (χ1n) is 5.25. The van der Waals surface area contributed by atoms with Crippen LogP contribution in [0.3, 0.4) is 0 Å². The average Bonchev–Trinajstić information content (AvgIpc) is 2.00. The maximum absolute atomic E-state index is 11.4. The van der Waals surface area contributed by atoms with E-state index in [1.807, 2.05) is 0 Å². The van der Waals surface area contributed by atoms with Gasteiger partial charge in [0, 0.05) is 24.9 Å². The molecule has 1 N–H and O–H groups in total. The highest BCUT2D eigenvalue weighted by Crippen LogP contribution is 2.17. The van der Waals surface area contributed by atoms with Gasteiger partial charge in [0.15, 0.2) is 0 Å². The van der Waals surface area contributed by atoms with Gasteiger partial charge in [-0.2, -0.15) is 0 Å². The van der Waals surface area contributed by atoms with Gasteiger partial charge >= 0.3 is 0 Å². The second-order valence-electron chi connectivity index (χ2n) is 4.93. The van der Waals surface area contributed by atoms with Gasteiger partial charge in [-0.1, -0.05) is 36.7 Å². The van der Waals surface area contributed by atoms with Crippen LogP contribution in [0.5, 0.6) is 0 Å². The summed E-state index contributed by atoms with van der Waals surface area (Å²) in [6, 6.07) is 0. The molecule has 0 aromatic carbocycles. The van der Waals surface area contributed by atoms with E-state index < -0.39 is 0 Å². The Hall–Kier alpha value is -0.0900. The number of ether oxygens (including phenoxy) is 1. The fraction of sp³-hybridized carbons (Fsp3) is 0.909. The maximum Gasteiger partial charge on any atom is 0.220 e. The minimum atomic E-state index is 0.0599. The first-order valence-corrected chi connectivity index (χ1v) is 6.16. The Labute approximate surface area is 101 Å². The van der Waals surface area contributed by atoms with Crippen molar-refractivity contribution in [2.24, 2.45) is 5.41 Å². The molecule has 15 heavy (non-hydrogen) atoms. The van der Waals surface area contributed by atoms with Crippen molar-refractivity contribution in [3.8, 4) is 0 Å². The van der Waals surface area contributed by atoms with E-state index in [-0.39, 0.29) is 11.3 Å². The second-order valence-corrected chi connectivity index (χ2v) is 6.22. The third-order valence-electron chi connectivity index (χ3n) is 1.82. The predicted octanol–water partition coefficient (Wildman–Crippen LogP) is 2.34. The van der Waals surface area contributed by atoms with Gasteiger partial charge in [-0.15, -0.1) is 0 Å². The van der Waals surface area contributed by atoms with Gasteiger partial charge < -0.3 is 10.1 Å². The third-order valence-corrected chi connectivity index (χ3v) is 2.54. The Morgan fingerprint density at radius 2 is 2.07 bits per heavy atom. The smallest absolute Gasteiger partial charge is 0.220 e. The molecule has 1 unspecified atom stereocenters. The van der Waals surface area contributed by atoms with E-state index in [1.54, 1.807) is 7.11 Å². The van der Waals surface area contributed by atoms with Gasteiger partial charge in [-0.25, -0.2) is 0 Å². The quantitative estimate of drug-likeness (QED) is 0.758. The first-order chi connectivity index (χ1) is 6.85. The number of amides is 1. The standard InChI is InChI=1S/C11H22BrNO2/c1-11(2,3)7-10(14)13-6-5-9(12)8-15-4/h9H,5-8H2,1-4H3,(H,13,14). The Kier molecular flexibility index (Phi) is 7.18. The molecule has 0 rings (SSSR count). The molecule has 4 heteroatoms. The van der Waals surface area contributed by atoms with Gasteiger partial charge in [0.2, 0.25) is 5.91 Å². The maximum atomic E-state index is 11.4. The van der Waals surface area contributed by atoms with Crippen LogP contribution in [0.4, 0.5) is 0 Å². The summed E-state index contributed by atoms with van der Waals surface area (Å²) >= 11 is 3.47. The molecule has 0 radical (unpaired) electrons. The van der Waals surface area contributed by atoms with Crippen LogP contribution < -0.4 is 5.32 Å². The summed E-state index contributed by atoms with van der Waals surface area (Å²) in [5.74, 6) is 0.125. The Balaban J connectivity index is 3.55. The van der Waals surface area contributed by atoms with Crippen LogP contribution in [-0.2, 0) is 9.53 Å². The molecule has 0 aromatic rings. The molecule has 0 fully saturated rings. The zero-order valence-electron chi connectivity index (χ0n) is 10.1. The lowest BCUT2D eigenvalue weighted by Gasteiger charge is -2.17. The van der Waals surface area contributed by atoms with Crippen LogP contribution in [0.25, 0.3) is 0 Å². The second kappa shape index (κ2) is 7.23. The Bertz CT molecular complexity index is 190. The van der Waals surface area contributed by atoms with Crippen molar-refractivity contribution in [3.63, 3.8) is 0 Å². The lowest BCUT2D eigenvalue weighted by molar-refractivity contribution is -0.122. The summed E-state index contributed by atoms with van der Waals surface area (Å²) in [5, 5.41) is 2.90. The van der Waals surface area contributed by atoms with E-state index in [0.717, 1.165) is 6.42 Å². The van der Waals surface area contributed by atoms with E-state index in [0.29, 0.717) is 24.4 Å². The molecule has 0 aromatic heterocycles. The summed E-state index contributed by atoms with van der Waals surface area (Å²) in [6.45, 7) is 7.56. The summed E-state index contributed by atoms with van der Waals surface area (Å²) in [5.41, 5.74) is 0.0599. The molecule has 90 valence electrons. The van der Waals surface area contributed by atoms with Gasteiger partial charge in [0.25, 0.3) is 0 Å². The molecular weight excluding hydrogens is 258 g/mol. The van der Waals surface area contributed by atoms with Crippen molar-refractivity contribution >= 4 is 21.8 Å². The van der Waals surface area contributed by atoms with E-state index in [9.17, 15) is 4.79 Å². The molecular formula is C11H22BrNO2. The van der Waals surface area contributed by atoms with Crippen LogP contribution in [0.2, 0.25) is 0 Å². The largest absolute Gasteiger partial charge is 0.384 e. The molecule has 0 saturated carbocycles. The number of halogens is 1. The molecule has 0 spiro atoms. The molecule has 0 aliphatic rings. The molecule has 0 bridgehead atoms. The van der Waals surface area contributed by atoms with Gasteiger partial charge in [-0.05, 0) is 11.8 Å². The number of carbonyl (C=O) groups excluding carboxylic acids is 1. The van der Waals surface area contributed by atoms with E-state index >= 15 is 0 Å². The van der Waals surface area contributed by atoms with Gasteiger partial charge in [-0.3, -0.25) is 4.79 Å². The number of hydrogen-bond acceptors (Lipinski definition) is 2. The lowest BCUT2D eigenvalue weighted by Crippen LogP contribution is -2.29. The van der Waals surface area contributed by atoms with Crippen LogP contribution in [-0.4, -0.2) is 31.0 Å². The van der Waals surface area contributed by atoms with Crippen LogP contribution in [0, 0.1) is 5.41 Å². The molecule has 0 saturated heterocycles. The summed E-state index contributed by atoms with van der Waals surface area (Å²) in [7, 11) is 1.67. The fourth-order valence-corrected chi connectivity index (χ4v) is 1.67. The monoisotopic (exact) mass is 279 g/mol. The van der Waals surface area contributed by atoms with Crippen molar-refractivity contribution in [2.45, 2.75) is 38.4 Å². The zero-order valence-corrected chi connectivity index (χ0v) is 11.7. The van der Waals surface area contributed by atoms with Crippen LogP contribution in [0.1, 0.15) is 33.6 Å². The number of carbonyl (C=O) groups is 1. The number of methoxy groups -OCH3 is 1. The van der Waals surface area contributed by atoms with Crippen molar-refractivity contribution in [3.05, 3.63) is 0 Å². The number of rotatable bonds is 6. The average molecular weight is 280 g/mol. The highest BCUT2D eigenvalue weighted by Gasteiger charge is 2.15. The minimum Gasteiger partial charge on any atom is -0.384 e. The zero-order chi connectivity index (χ0) is 11.9. The predicted molar refractivity (Wildman–Crippen MR) is 66.3 cm³/mol. The topological polar surface area (TPSA) is 38.3 Å². The van der Waals surface area contributed by atoms with Crippen LogP contribution in [0.15, 0.2) is 0 Å². The molecule has 1 amide bonds. The summed E-state index contributed by atoms with van der Waals surface area (Å²) < 4.78 is 4.98. The van der Waals surface area contributed by atoms with E-state index in [4.69, 9.17) is 4.74 Å². The summed E-state index contributed by atoms with van der Waals surface area (Å²) in [6.07, 6.45) is 1.47. The van der Waals surface area contributed by atoms with Crippen molar-refractivity contribution < 1.29 is 9.53 Å². The minimum absolute atomic E-state index is 0.0599. The lowest BCUT2D eigenvalue weighted by atomic mass is 9.92. The Morgan fingerprint density at radius 1 is 1.47 bits per heavy atom. The van der Waals surface area contributed by atoms with E-state index in [1.165, 1.54) is 0 Å². The fourth-order valence-electron chi connectivity index (χ4n) is 1.18. The van der Waals surface area contributed by atoms with Crippen molar-refractivity contribution in [1.82, 2.24) is 5.32 Å². The number of alkyl halides is 1. The van der Waals surface area contributed by atoms with E-state index in [2.05, 4.69) is 42.0 Å². The molecule has 0 aliphatic heterocycles. The van der Waals surface area contributed by atoms with Crippen molar-refractivity contribution in [1.29, 1.82) is 0 Å². The third kappa shape index (κ3) is 10.2. The molecule has 0 heterocycles. The number of hydrogen-bond donors (Lipinski definition) is 1. The molecule has 0 aliphatic carbocycles. The summed E-state index contributed by atoms with van der Waals surface area (Å²) in [4.78, 5) is 11.8. The van der Waals surface area contributed by atoms with Gasteiger partial charge in [0.05, 0.1) is 6.61 Å². The highest BCUT2D eigenvalue weighted by atomic mass is 79.9. The first kappa shape index (κ1) is 14.9. The SMILES string of the molecule is COCC(Br)CCNC(=O)CC(C)(C)C.